The number of likely N-dealkylation sites (N-methyl/N-ethyl adjacent to an activating group) is 1. The molecule has 9 nitrogen and oxygen atoms in total. The Morgan fingerprint density at radius 3 is 1.25 bits per heavy atom. The molecule has 0 saturated heterocycles. The fraction of sp³-hybridized carbons (Fsp3) is 0.918. The van der Waals surface area contributed by atoms with E-state index in [-0.39, 0.29) is 25.6 Å². The van der Waals surface area contributed by atoms with E-state index in [9.17, 15) is 19.0 Å². The molecule has 0 aliphatic heterocycles. The Labute approximate surface area is 365 Å². The molecule has 350 valence electrons. The smallest absolute Gasteiger partial charge is 0.462 e. The van der Waals surface area contributed by atoms with Gasteiger partial charge in [0, 0.05) is 12.8 Å². The van der Waals surface area contributed by atoms with Gasteiger partial charge in [-0.1, -0.05) is 199 Å². The van der Waals surface area contributed by atoms with Gasteiger partial charge in [-0.15, -0.1) is 0 Å². The Kier molecular flexibility index (Phi) is 41.2. The zero-order valence-electron chi connectivity index (χ0n) is 39.5. The van der Waals surface area contributed by atoms with Crippen LogP contribution in [0, 0.1) is 0 Å². The Bertz CT molecular complexity index is 1020. The first kappa shape index (κ1) is 57.8. The summed E-state index contributed by atoms with van der Waals surface area (Å²) in [6.45, 7) is 4.46. The second kappa shape index (κ2) is 42.1. The van der Waals surface area contributed by atoms with E-state index in [2.05, 4.69) is 26.0 Å². The van der Waals surface area contributed by atoms with Crippen molar-refractivity contribution < 1.29 is 42.1 Å². The zero-order valence-corrected chi connectivity index (χ0v) is 40.4. The topological polar surface area (TPSA) is 108 Å². The predicted molar refractivity (Wildman–Crippen MR) is 248 cm³/mol. The third-order valence-corrected chi connectivity index (χ3v) is 12.0. The van der Waals surface area contributed by atoms with Crippen molar-refractivity contribution in [1.29, 1.82) is 0 Å². The number of ether oxygens (including phenoxy) is 2. The molecule has 0 aliphatic rings. The first-order valence-corrected chi connectivity index (χ1v) is 26.4. The van der Waals surface area contributed by atoms with Crippen LogP contribution in [0.1, 0.15) is 239 Å². The minimum atomic E-state index is -4.37. The number of unbranched alkanes of at least 4 members (excludes halogenated alkanes) is 30. The minimum absolute atomic E-state index is 0.0342. The van der Waals surface area contributed by atoms with E-state index < -0.39 is 26.5 Å². The molecule has 0 bridgehead atoms. The second-order valence-corrected chi connectivity index (χ2v) is 19.7. The summed E-state index contributed by atoms with van der Waals surface area (Å²) in [7, 11) is 1.49. The number of rotatable bonds is 46. The summed E-state index contributed by atoms with van der Waals surface area (Å²) in [6.07, 6.45) is 45.4. The Morgan fingerprint density at radius 2 is 0.864 bits per heavy atom. The van der Waals surface area contributed by atoms with E-state index in [0.29, 0.717) is 23.9 Å². The Hall–Kier alpha value is -1.25. The van der Waals surface area contributed by atoms with Gasteiger partial charge >= 0.3 is 19.8 Å². The maximum Gasteiger partial charge on any atom is 0.472 e. The van der Waals surface area contributed by atoms with Crippen LogP contribution in [0.25, 0.3) is 0 Å². The highest BCUT2D eigenvalue weighted by atomic mass is 31.2. The van der Waals surface area contributed by atoms with Crippen molar-refractivity contribution in [3.63, 3.8) is 0 Å². The first-order valence-electron chi connectivity index (χ1n) is 24.9. The fourth-order valence-electron chi connectivity index (χ4n) is 7.13. The first-order chi connectivity index (χ1) is 28.5. The van der Waals surface area contributed by atoms with Gasteiger partial charge in [0.25, 0.3) is 0 Å². The lowest BCUT2D eigenvalue weighted by atomic mass is 10.0. The predicted octanol–water partition coefficient (Wildman–Crippen LogP) is 14.5. The molecule has 0 radical (unpaired) electrons. The molecule has 0 aromatic heterocycles. The lowest BCUT2D eigenvalue weighted by Crippen LogP contribution is -2.37. The summed E-state index contributed by atoms with van der Waals surface area (Å²) >= 11 is 0. The third-order valence-electron chi connectivity index (χ3n) is 11.0. The fourth-order valence-corrected chi connectivity index (χ4v) is 7.87. The SMILES string of the molecule is CCCCCCCC/C=C\CCCCCCCCCC(=O)OC(COC(=O)CCCCCCCCCCCCCCCCCCCC)COP(=O)(O)OCC[N+](C)(C)C. The number of carbonyl (C=O) groups excluding carboxylic acids is 2. The van der Waals surface area contributed by atoms with Crippen LogP contribution in [0.15, 0.2) is 12.2 Å². The molecular formula is C49H97NO8P+. The van der Waals surface area contributed by atoms with Gasteiger partial charge in [-0.05, 0) is 38.5 Å². The number of quaternary nitrogens is 1. The molecular weight excluding hydrogens is 762 g/mol. The van der Waals surface area contributed by atoms with Crippen LogP contribution >= 0.6 is 7.82 Å². The van der Waals surface area contributed by atoms with Crippen molar-refractivity contribution in [1.82, 2.24) is 0 Å². The molecule has 2 unspecified atom stereocenters. The highest BCUT2D eigenvalue weighted by Crippen LogP contribution is 2.43. The van der Waals surface area contributed by atoms with Gasteiger partial charge in [-0.25, -0.2) is 4.57 Å². The normalized spacial score (nSPS) is 13.5. The molecule has 0 aromatic carbocycles. The average molecular weight is 859 g/mol. The molecule has 0 saturated carbocycles. The summed E-state index contributed by atoms with van der Waals surface area (Å²) in [6, 6.07) is 0. The lowest BCUT2D eigenvalue weighted by Gasteiger charge is -2.24. The summed E-state index contributed by atoms with van der Waals surface area (Å²) in [5.74, 6) is -0.789. The highest BCUT2D eigenvalue weighted by molar-refractivity contribution is 7.47. The average Bonchev–Trinajstić information content (AvgIpc) is 3.19. The van der Waals surface area contributed by atoms with E-state index in [4.69, 9.17) is 18.5 Å². The molecule has 0 amide bonds. The number of allylic oxidation sites excluding steroid dienone is 2. The number of phosphoric ester groups is 1. The van der Waals surface area contributed by atoms with Crippen LogP contribution in [-0.4, -0.2) is 74.9 Å². The minimum Gasteiger partial charge on any atom is -0.462 e. The van der Waals surface area contributed by atoms with Gasteiger partial charge in [-0.3, -0.25) is 18.6 Å². The van der Waals surface area contributed by atoms with Crippen LogP contribution in [-0.2, 0) is 32.7 Å². The van der Waals surface area contributed by atoms with Gasteiger partial charge in [0.2, 0.25) is 0 Å². The highest BCUT2D eigenvalue weighted by Gasteiger charge is 2.27. The molecule has 10 heteroatoms. The largest absolute Gasteiger partial charge is 0.472 e. The molecule has 1 N–H and O–H groups in total. The van der Waals surface area contributed by atoms with Crippen molar-refractivity contribution >= 4 is 19.8 Å². The summed E-state index contributed by atoms with van der Waals surface area (Å²) in [5.41, 5.74) is 0. The van der Waals surface area contributed by atoms with Crippen LogP contribution in [0.4, 0.5) is 0 Å². The number of phosphoric acid groups is 1. The van der Waals surface area contributed by atoms with Gasteiger partial charge < -0.3 is 18.9 Å². The van der Waals surface area contributed by atoms with Crippen LogP contribution < -0.4 is 0 Å². The van der Waals surface area contributed by atoms with E-state index in [1.807, 2.05) is 21.1 Å². The van der Waals surface area contributed by atoms with Gasteiger partial charge in [0.15, 0.2) is 6.10 Å². The zero-order chi connectivity index (χ0) is 43.6. The van der Waals surface area contributed by atoms with Crippen molar-refractivity contribution in [3.8, 4) is 0 Å². The quantitative estimate of drug-likeness (QED) is 0.0212. The summed E-state index contributed by atoms with van der Waals surface area (Å²) < 4.78 is 34.4. The van der Waals surface area contributed by atoms with Crippen molar-refractivity contribution in [2.24, 2.45) is 0 Å². The molecule has 0 heterocycles. The van der Waals surface area contributed by atoms with Gasteiger partial charge in [0.05, 0.1) is 27.7 Å². The lowest BCUT2D eigenvalue weighted by molar-refractivity contribution is -0.870. The molecule has 0 rings (SSSR count). The van der Waals surface area contributed by atoms with Crippen molar-refractivity contribution in [2.75, 3.05) is 47.5 Å². The van der Waals surface area contributed by atoms with Crippen LogP contribution in [0.3, 0.4) is 0 Å². The number of hydrogen-bond donors (Lipinski definition) is 1. The summed E-state index contributed by atoms with van der Waals surface area (Å²) in [5, 5.41) is 0. The molecule has 0 aromatic rings. The van der Waals surface area contributed by atoms with Gasteiger partial charge in [0.1, 0.15) is 19.8 Å². The molecule has 0 fully saturated rings. The maximum atomic E-state index is 12.7. The van der Waals surface area contributed by atoms with Crippen molar-refractivity contribution in [3.05, 3.63) is 12.2 Å². The number of esters is 2. The van der Waals surface area contributed by atoms with E-state index >= 15 is 0 Å². The van der Waals surface area contributed by atoms with E-state index in [1.165, 1.54) is 161 Å². The van der Waals surface area contributed by atoms with E-state index in [0.717, 1.165) is 44.9 Å². The maximum absolute atomic E-state index is 12.7. The number of hydrogen-bond acceptors (Lipinski definition) is 7. The molecule has 0 spiro atoms. The standard InChI is InChI=1S/C49H96NO8P/c1-6-8-10-12-14-16-18-20-22-24-26-27-29-31-33-35-37-39-41-48(51)55-45-47(46-57-59(53,54)56-44-43-50(3,4)5)58-49(52)42-40-38-36-34-32-30-28-25-23-21-19-17-15-13-11-9-7-2/h21,23,47H,6-20,22,24-46H2,1-5H3/p+1/b23-21-. The van der Waals surface area contributed by atoms with Crippen LogP contribution in [0.5, 0.6) is 0 Å². The third kappa shape index (κ3) is 46.1. The Morgan fingerprint density at radius 1 is 0.508 bits per heavy atom. The molecule has 0 aliphatic carbocycles. The van der Waals surface area contributed by atoms with Crippen LogP contribution in [0.2, 0.25) is 0 Å². The van der Waals surface area contributed by atoms with E-state index in [1.54, 1.807) is 0 Å². The number of nitrogens with zero attached hydrogens (tertiary/aromatic N) is 1. The summed E-state index contributed by atoms with van der Waals surface area (Å²) in [4.78, 5) is 35.5. The molecule has 59 heavy (non-hydrogen) atoms. The number of carbonyl (C=O) groups is 2. The monoisotopic (exact) mass is 859 g/mol. The second-order valence-electron chi connectivity index (χ2n) is 18.2. The van der Waals surface area contributed by atoms with Gasteiger partial charge in [-0.2, -0.15) is 0 Å². The Balaban J connectivity index is 4.25. The van der Waals surface area contributed by atoms with Crippen molar-refractivity contribution in [2.45, 2.75) is 245 Å². The molecule has 2 atom stereocenters.